The number of rotatable bonds is 5. The van der Waals surface area contributed by atoms with Gasteiger partial charge in [0.05, 0.1) is 0 Å². The molecule has 0 radical (unpaired) electrons. The molecule has 108 valence electrons. The van der Waals surface area contributed by atoms with E-state index >= 15 is 0 Å². The van der Waals surface area contributed by atoms with Crippen molar-refractivity contribution in [3.8, 4) is 0 Å². The molecule has 20 heavy (non-hydrogen) atoms. The Bertz CT molecular complexity index is 506. The summed E-state index contributed by atoms with van der Waals surface area (Å²) < 4.78 is 0.938. The van der Waals surface area contributed by atoms with Crippen LogP contribution in [0.3, 0.4) is 0 Å². The maximum atomic E-state index is 11.9. The van der Waals surface area contributed by atoms with E-state index in [0.717, 1.165) is 10.0 Å². The minimum absolute atomic E-state index is 0.0518. The summed E-state index contributed by atoms with van der Waals surface area (Å²) in [5.41, 5.74) is 0.891. The third kappa shape index (κ3) is 3.52. The molecular weight excluding hydrogens is 346 g/mol. The van der Waals surface area contributed by atoms with E-state index in [-0.39, 0.29) is 11.8 Å². The third-order valence-corrected chi connectivity index (χ3v) is 4.43. The van der Waals surface area contributed by atoms with E-state index in [4.69, 9.17) is 11.6 Å². The van der Waals surface area contributed by atoms with Crippen molar-refractivity contribution < 1.29 is 14.7 Å². The van der Waals surface area contributed by atoms with E-state index < -0.39 is 12.0 Å². The number of carboxylic acids is 1. The molecular formula is C14H15BrClNO3. The number of carboxylic acid groups (broad SMARTS) is 1. The quantitative estimate of drug-likeness (QED) is 0.821. The Morgan fingerprint density at radius 1 is 1.45 bits per heavy atom. The largest absolute Gasteiger partial charge is 0.480 e. The summed E-state index contributed by atoms with van der Waals surface area (Å²) in [5.74, 6) is -0.667. The lowest BCUT2D eigenvalue weighted by atomic mass is 10.0. The normalized spacial score (nSPS) is 20.2. The van der Waals surface area contributed by atoms with Gasteiger partial charge in [-0.1, -0.05) is 28.1 Å². The summed E-state index contributed by atoms with van der Waals surface area (Å²) in [6.07, 6.45) is 0.650. The van der Waals surface area contributed by atoms with Gasteiger partial charge in [-0.3, -0.25) is 4.79 Å². The Labute approximate surface area is 130 Å². The number of halogens is 2. The minimum Gasteiger partial charge on any atom is -0.480 e. The van der Waals surface area contributed by atoms with Crippen molar-refractivity contribution in [2.75, 3.05) is 12.4 Å². The van der Waals surface area contributed by atoms with Gasteiger partial charge in [0.2, 0.25) is 5.91 Å². The van der Waals surface area contributed by atoms with Gasteiger partial charge in [0.15, 0.2) is 0 Å². The number of likely N-dealkylation sites (tertiary alicyclic amines) is 1. The number of carbonyl (C=O) groups is 2. The second-order valence-corrected chi connectivity index (χ2v) is 6.18. The molecule has 1 heterocycles. The summed E-state index contributed by atoms with van der Waals surface area (Å²) >= 11 is 9.11. The smallest absolute Gasteiger partial charge is 0.326 e. The molecule has 6 heteroatoms. The predicted molar refractivity (Wildman–Crippen MR) is 79.8 cm³/mol. The van der Waals surface area contributed by atoms with Crippen LogP contribution in [-0.4, -0.2) is 40.3 Å². The molecule has 2 unspecified atom stereocenters. The van der Waals surface area contributed by atoms with E-state index in [0.29, 0.717) is 25.3 Å². The summed E-state index contributed by atoms with van der Waals surface area (Å²) in [5, 5.41) is 9.39. The molecule has 1 N–H and O–H groups in total. The number of aliphatic carboxylic acids is 1. The molecule has 1 fully saturated rings. The van der Waals surface area contributed by atoms with E-state index in [1.165, 1.54) is 4.90 Å². The average molecular weight is 361 g/mol. The molecule has 1 aliphatic heterocycles. The molecule has 2 atom stereocenters. The maximum absolute atomic E-state index is 11.9. The molecule has 1 aromatic carbocycles. The van der Waals surface area contributed by atoms with Gasteiger partial charge in [-0.25, -0.2) is 4.79 Å². The fourth-order valence-corrected chi connectivity index (χ4v) is 2.86. The fourth-order valence-electron chi connectivity index (χ4n) is 2.39. The molecule has 4 nitrogen and oxygen atoms in total. The van der Waals surface area contributed by atoms with Gasteiger partial charge in [0.1, 0.15) is 6.04 Å². The van der Waals surface area contributed by atoms with Crippen molar-refractivity contribution in [3.63, 3.8) is 0 Å². The van der Waals surface area contributed by atoms with Gasteiger partial charge < -0.3 is 10.0 Å². The summed E-state index contributed by atoms with van der Waals surface area (Å²) in [6, 6.07) is 6.62. The van der Waals surface area contributed by atoms with Crippen LogP contribution in [0.1, 0.15) is 12.0 Å². The van der Waals surface area contributed by atoms with Crippen molar-refractivity contribution in [2.45, 2.75) is 18.9 Å². The Morgan fingerprint density at radius 2 is 2.10 bits per heavy atom. The third-order valence-electron chi connectivity index (χ3n) is 3.46. The van der Waals surface area contributed by atoms with Crippen LogP contribution in [0.25, 0.3) is 0 Å². The summed E-state index contributed by atoms with van der Waals surface area (Å²) in [6.45, 7) is 0.426. The molecule has 0 bridgehead atoms. The second kappa shape index (κ2) is 6.59. The molecule has 1 amide bonds. The molecule has 0 saturated carbocycles. The van der Waals surface area contributed by atoms with Gasteiger partial charge in [0.25, 0.3) is 0 Å². The van der Waals surface area contributed by atoms with E-state index in [9.17, 15) is 14.7 Å². The SMILES string of the molecule is O=C(O)C(Cc1ccc(Br)cc1)N1CC(CCl)CC1=O. The number of nitrogens with zero attached hydrogens (tertiary/aromatic N) is 1. The molecule has 0 spiro atoms. The first-order valence-corrected chi connectivity index (χ1v) is 7.66. The first-order chi connectivity index (χ1) is 9.51. The standard InChI is InChI=1S/C14H15BrClNO3/c15-11-3-1-9(2-4-11)5-12(14(19)20)17-8-10(7-16)6-13(17)18/h1-4,10,12H,5-8H2,(H,19,20). The first-order valence-electron chi connectivity index (χ1n) is 6.34. The molecule has 0 aliphatic carbocycles. The molecule has 2 rings (SSSR count). The van der Waals surface area contributed by atoms with Gasteiger partial charge in [-0.2, -0.15) is 0 Å². The number of alkyl halides is 1. The van der Waals surface area contributed by atoms with E-state index in [1.54, 1.807) is 0 Å². The lowest BCUT2D eigenvalue weighted by Gasteiger charge is -2.24. The maximum Gasteiger partial charge on any atom is 0.326 e. The lowest BCUT2D eigenvalue weighted by molar-refractivity contribution is -0.148. The number of amides is 1. The summed E-state index contributed by atoms with van der Waals surface area (Å²) in [7, 11) is 0. The van der Waals surface area contributed by atoms with Crippen molar-refractivity contribution in [1.29, 1.82) is 0 Å². The van der Waals surface area contributed by atoms with Crippen LogP contribution in [0.4, 0.5) is 0 Å². The van der Waals surface area contributed by atoms with Crippen LogP contribution in [0.2, 0.25) is 0 Å². The zero-order valence-corrected chi connectivity index (χ0v) is 13.1. The topological polar surface area (TPSA) is 57.6 Å². The van der Waals surface area contributed by atoms with Gasteiger partial charge >= 0.3 is 5.97 Å². The lowest BCUT2D eigenvalue weighted by Crippen LogP contribution is -2.43. The van der Waals surface area contributed by atoms with Crippen LogP contribution in [0.15, 0.2) is 28.7 Å². The van der Waals surface area contributed by atoms with Crippen LogP contribution in [0, 0.1) is 5.92 Å². The Balaban J connectivity index is 2.13. The monoisotopic (exact) mass is 359 g/mol. The van der Waals surface area contributed by atoms with Gasteiger partial charge in [-0.05, 0) is 23.6 Å². The van der Waals surface area contributed by atoms with Gasteiger partial charge in [0, 0.05) is 29.7 Å². The van der Waals surface area contributed by atoms with Crippen LogP contribution >= 0.6 is 27.5 Å². The number of carbonyl (C=O) groups excluding carboxylic acids is 1. The molecule has 1 aromatic rings. The Kier molecular flexibility index (Phi) is 5.05. The fraction of sp³-hybridized carbons (Fsp3) is 0.429. The van der Waals surface area contributed by atoms with E-state index in [2.05, 4.69) is 15.9 Å². The first kappa shape index (κ1) is 15.3. The van der Waals surface area contributed by atoms with E-state index in [1.807, 2.05) is 24.3 Å². The van der Waals surface area contributed by atoms with Crippen LogP contribution in [0.5, 0.6) is 0 Å². The number of hydrogen-bond donors (Lipinski definition) is 1. The minimum atomic E-state index is -0.975. The zero-order valence-electron chi connectivity index (χ0n) is 10.8. The van der Waals surface area contributed by atoms with Crippen molar-refractivity contribution >= 4 is 39.4 Å². The average Bonchev–Trinajstić information content (AvgIpc) is 2.79. The van der Waals surface area contributed by atoms with Crippen LogP contribution < -0.4 is 0 Å². The number of benzene rings is 1. The highest BCUT2D eigenvalue weighted by atomic mass is 79.9. The predicted octanol–water partition coefficient (Wildman–Crippen LogP) is 2.53. The second-order valence-electron chi connectivity index (χ2n) is 4.96. The zero-order chi connectivity index (χ0) is 14.7. The van der Waals surface area contributed by atoms with Crippen molar-refractivity contribution in [1.82, 2.24) is 4.90 Å². The van der Waals surface area contributed by atoms with Gasteiger partial charge in [-0.15, -0.1) is 11.6 Å². The number of hydrogen-bond acceptors (Lipinski definition) is 2. The van der Waals surface area contributed by atoms with Crippen LogP contribution in [-0.2, 0) is 16.0 Å². The van der Waals surface area contributed by atoms with Crippen molar-refractivity contribution in [2.24, 2.45) is 5.92 Å². The van der Waals surface area contributed by atoms with Crippen molar-refractivity contribution in [3.05, 3.63) is 34.3 Å². The molecule has 1 saturated heterocycles. The molecule has 1 aliphatic rings. The highest BCUT2D eigenvalue weighted by molar-refractivity contribution is 9.10. The highest BCUT2D eigenvalue weighted by Gasteiger charge is 2.37. The molecule has 0 aromatic heterocycles. The Morgan fingerprint density at radius 3 is 2.60 bits per heavy atom. The highest BCUT2D eigenvalue weighted by Crippen LogP contribution is 2.23. The Hall–Kier alpha value is -1.07. The summed E-state index contributed by atoms with van der Waals surface area (Å²) in [4.78, 5) is 24.8.